The number of hydrogen-bond acceptors (Lipinski definition) is 2. The van der Waals surface area contributed by atoms with Crippen LogP contribution in [0.15, 0.2) is 59.6 Å². The first-order valence-electron chi connectivity index (χ1n) is 19.9. The van der Waals surface area contributed by atoms with E-state index in [0.29, 0.717) is 18.5 Å². The number of halogens is 1. The van der Waals surface area contributed by atoms with Gasteiger partial charge in [-0.1, -0.05) is 121 Å². The van der Waals surface area contributed by atoms with Gasteiger partial charge in [-0.2, -0.15) is 0 Å². The van der Waals surface area contributed by atoms with E-state index in [0.717, 1.165) is 30.9 Å². The molecule has 0 heterocycles. The zero-order valence-corrected chi connectivity index (χ0v) is 32.8. The predicted octanol–water partition coefficient (Wildman–Crippen LogP) is 7.75. The average Bonchev–Trinajstić information content (AvgIpc) is 3.12. The van der Waals surface area contributed by atoms with Gasteiger partial charge in [0.2, 0.25) is 5.91 Å². The van der Waals surface area contributed by atoms with Gasteiger partial charge in [0.15, 0.2) is 5.96 Å². The second-order valence-corrected chi connectivity index (χ2v) is 19.2. The lowest BCUT2D eigenvalue weighted by atomic mass is 9.95. The summed E-state index contributed by atoms with van der Waals surface area (Å²) in [4.78, 5) is 19.3. The minimum Gasteiger partial charge on any atom is -1.00 e. The van der Waals surface area contributed by atoms with Crippen LogP contribution in [0.25, 0.3) is 0 Å². The third kappa shape index (κ3) is 15.0. The zero-order valence-electron chi connectivity index (χ0n) is 31.2. The van der Waals surface area contributed by atoms with Crippen molar-refractivity contribution >= 4 is 24.8 Å². The molecule has 7 heteroatoms. The Morgan fingerprint density at radius 2 is 1.33 bits per heavy atom. The zero-order chi connectivity index (χ0) is 33.9. The van der Waals surface area contributed by atoms with Crippen LogP contribution in [0.4, 0.5) is 5.69 Å². The first kappa shape index (κ1) is 41.3. The molecule has 0 saturated heterocycles. The number of guanidine groups is 1. The molecule has 5 nitrogen and oxygen atoms in total. The Balaban J connectivity index is 0.00000650. The largest absolute Gasteiger partial charge is 1.00 e. The molecule has 1 amide bonds. The summed E-state index contributed by atoms with van der Waals surface area (Å²) < 4.78 is 0. The topological polar surface area (TPSA) is 65.5 Å². The van der Waals surface area contributed by atoms with Crippen molar-refractivity contribution in [3.05, 3.63) is 65.7 Å². The standard InChI is InChI=1S/C42H67N4OP.ClH/c1-4-7-31-48(32-8-5-2,33-9-6-3)34-36-25-28-39(29-26-36)43-41(47)40(30-27-35-19-13-10-14-20-35)46-42(44-37-21-15-11-16-22-37)45-38-23-17-12-18-24-38;/h10,13-14,19-20,25-26,28-29,37-38,40H,4-9,11-12,15-18,21-24,27,30-34H2,1-3H3,(H2-,43,44,45,46,47);1H/t40-;/m0./s1. The van der Waals surface area contributed by atoms with Gasteiger partial charge >= 0.3 is 0 Å². The van der Waals surface area contributed by atoms with Gasteiger partial charge in [0, 0.05) is 19.0 Å². The highest BCUT2D eigenvalue weighted by molar-refractivity contribution is 7.75. The number of carbonyl (C=O) groups excluding carboxylic acids is 1. The van der Waals surface area contributed by atoms with E-state index >= 15 is 0 Å². The van der Waals surface area contributed by atoms with Gasteiger partial charge in [0.1, 0.15) is 6.04 Å². The van der Waals surface area contributed by atoms with Crippen molar-refractivity contribution in [2.45, 2.75) is 161 Å². The van der Waals surface area contributed by atoms with E-state index in [1.165, 1.54) is 126 Å². The molecule has 0 aliphatic heterocycles. The molecule has 2 aromatic rings. The number of amides is 1. The minimum atomic E-state index is -1.03. The summed E-state index contributed by atoms with van der Waals surface area (Å²) in [5.74, 6) is 0.861. The lowest BCUT2D eigenvalue weighted by Crippen LogP contribution is -3.00. The van der Waals surface area contributed by atoms with Gasteiger partial charge in [0.05, 0.1) is 30.7 Å². The first-order chi connectivity index (χ1) is 23.5. The van der Waals surface area contributed by atoms with Gasteiger partial charge in [-0.3, -0.25) is 4.79 Å². The third-order valence-electron chi connectivity index (χ3n) is 10.7. The number of aryl methyl sites for hydroxylation is 1. The molecule has 2 fully saturated rings. The van der Waals surface area contributed by atoms with Crippen molar-refractivity contribution in [1.82, 2.24) is 10.6 Å². The smallest absolute Gasteiger partial charge is 0.246 e. The minimum absolute atomic E-state index is 0. The Hall–Kier alpha value is -2.10. The molecule has 49 heavy (non-hydrogen) atoms. The Labute approximate surface area is 306 Å². The SMILES string of the molecule is CCCC[P+](CCCC)(CCCC)Cc1ccc(NC(=O)[C@H](CCc2ccccc2)NC(=NC2CCCCC2)NC2CCCCC2)cc1.[Cl-]. The third-order valence-corrected chi connectivity index (χ3v) is 15.6. The number of carbonyl (C=O) groups is 1. The van der Waals surface area contributed by atoms with E-state index in [2.05, 4.69) is 91.3 Å². The number of unbranched alkanes of at least 4 members (excludes halogenated alkanes) is 3. The Kier molecular flexibility index (Phi) is 19.7. The molecular formula is C42H68ClN4OP. The van der Waals surface area contributed by atoms with Gasteiger partial charge in [0.25, 0.3) is 0 Å². The molecule has 1 atom stereocenters. The molecule has 0 bridgehead atoms. The summed E-state index contributed by atoms with van der Waals surface area (Å²) in [7, 11) is -1.03. The molecule has 0 spiro atoms. The van der Waals surface area contributed by atoms with Crippen molar-refractivity contribution in [3.8, 4) is 0 Å². The molecule has 2 aliphatic rings. The van der Waals surface area contributed by atoms with Crippen molar-refractivity contribution < 1.29 is 17.2 Å². The maximum Gasteiger partial charge on any atom is 0.246 e. The lowest BCUT2D eigenvalue weighted by molar-refractivity contribution is -0.118. The normalized spacial score (nSPS) is 16.8. The second-order valence-electron chi connectivity index (χ2n) is 14.9. The molecule has 0 radical (unpaired) electrons. The number of benzene rings is 2. The Bertz CT molecular complexity index is 1170. The van der Waals surface area contributed by atoms with E-state index in [9.17, 15) is 4.79 Å². The van der Waals surface area contributed by atoms with E-state index in [4.69, 9.17) is 4.99 Å². The molecule has 3 N–H and O–H groups in total. The maximum atomic E-state index is 14.1. The fourth-order valence-electron chi connectivity index (χ4n) is 7.70. The molecule has 274 valence electrons. The van der Waals surface area contributed by atoms with Crippen LogP contribution in [0.3, 0.4) is 0 Å². The van der Waals surface area contributed by atoms with Crippen LogP contribution in [0.5, 0.6) is 0 Å². The van der Waals surface area contributed by atoms with Crippen molar-refractivity contribution in [2.24, 2.45) is 4.99 Å². The summed E-state index contributed by atoms with van der Waals surface area (Å²) in [5.41, 5.74) is 3.59. The summed E-state index contributed by atoms with van der Waals surface area (Å²) >= 11 is 0. The van der Waals surface area contributed by atoms with Crippen LogP contribution in [-0.4, -0.2) is 48.5 Å². The van der Waals surface area contributed by atoms with Crippen LogP contribution < -0.4 is 28.4 Å². The maximum absolute atomic E-state index is 14.1. The highest BCUT2D eigenvalue weighted by atomic mass is 35.5. The molecule has 4 rings (SSSR count). The van der Waals surface area contributed by atoms with Crippen LogP contribution in [-0.2, 0) is 17.4 Å². The number of nitrogens with one attached hydrogen (secondary N) is 3. The highest BCUT2D eigenvalue weighted by Crippen LogP contribution is 2.63. The monoisotopic (exact) mass is 710 g/mol. The number of aliphatic imine (C=N–C) groups is 1. The lowest BCUT2D eigenvalue weighted by Gasteiger charge is -2.29. The van der Waals surface area contributed by atoms with E-state index < -0.39 is 7.26 Å². The molecule has 2 aliphatic carbocycles. The number of nitrogens with zero attached hydrogens (tertiary/aromatic N) is 1. The molecule has 2 saturated carbocycles. The van der Waals surface area contributed by atoms with Gasteiger partial charge in [-0.15, -0.1) is 0 Å². The quantitative estimate of drug-likeness (QED) is 0.0794. The van der Waals surface area contributed by atoms with Gasteiger partial charge < -0.3 is 28.4 Å². The van der Waals surface area contributed by atoms with E-state index in [-0.39, 0.29) is 24.4 Å². The van der Waals surface area contributed by atoms with Crippen molar-refractivity contribution in [2.75, 3.05) is 23.8 Å². The van der Waals surface area contributed by atoms with Gasteiger partial charge in [-0.05, 0) is 81.0 Å². The fourth-order valence-corrected chi connectivity index (χ4v) is 12.8. The van der Waals surface area contributed by atoms with E-state index in [1.807, 2.05) is 0 Å². The molecule has 2 aromatic carbocycles. The van der Waals surface area contributed by atoms with Crippen LogP contribution in [0.1, 0.15) is 141 Å². The van der Waals surface area contributed by atoms with Crippen LogP contribution >= 0.6 is 7.26 Å². The van der Waals surface area contributed by atoms with E-state index in [1.54, 1.807) is 0 Å². The summed E-state index contributed by atoms with van der Waals surface area (Å²) in [6, 6.07) is 19.8. The van der Waals surface area contributed by atoms with Crippen LogP contribution in [0, 0.1) is 0 Å². The van der Waals surface area contributed by atoms with Crippen LogP contribution in [0.2, 0.25) is 0 Å². The second kappa shape index (κ2) is 23.4. The summed E-state index contributed by atoms with van der Waals surface area (Å²) in [5, 5.41) is 10.8. The molecular weight excluding hydrogens is 643 g/mol. The van der Waals surface area contributed by atoms with Gasteiger partial charge in [-0.25, -0.2) is 4.99 Å². The predicted molar refractivity (Wildman–Crippen MR) is 211 cm³/mol. The number of anilines is 1. The summed E-state index contributed by atoms with van der Waals surface area (Å²) in [6.45, 7) is 7.01. The fraction of sp³-hybridized carbons (Fsp3) is 0.667. The number of rotatable bonds is 19. The molecule has 0 unspecified atom stereocenters. The first-order valence-corrected chi connectivity index (χ1v) is 22.4. The van der Waals surface area contributed by atoms with Crippen molar-refractivity contribution in [3.63, 3.8) is 0 Å². The summed E-state index contributed by atoms with van der Waals surface area (Å²) in [6.07, 6.45) is 27.3. The van der Waals surface area contributed by atoms with Crippen molar-refractivity contribution in [1.29, 1.82) is 0 Å². The molecule has 0 aromatic heterocycles. The Morgan fingerprint density at radius 1 is 0.755 bits per heavy atom. The highest BCUT2D eigenvalue weighted by Gasteiger charge is 2.35. The number of hydrogen-bond donors (Lipinski definition) is 3. The Morgan fingerprint density at radius 3 is 1.90 bits per heavy atom. The average molecular weight is 711 g/mol.